The summed E-state index contributed by atoms with van der Waals surface area (Å²) in [7, 11) is 0. The Morgan fingerprint density at radius 3 is 3.07 bits per heavy atom. The van der Waals surface area contributed by atoms with Gasteiger partial charge in [0, 0.05) is 11.4 Å². The van der Waals surface area contributed by atoms with E-state index >= 15 is 0 Å². The minimum Gasteiger partial charge on any atom is -0.478 e. The van der Waals surface area contributed by atoms with Crippen LogP contribution in [0, 0.1) is 0 Å². The van der Waals surface area contributed by atoms with E-state index in [0.29, 0.717) is 5.03 Å². The van der Waals surface area contributed by atoms with Gasteiger partial charge in [-0.05, 0) is 19.1 Å². The third-order valence-electron chi connectivity index (χ3n) is 1.63. The van der Waals surface area contributed by atoms with Gasteiger partial charge in [0.2, 0.25) is 0 Å². The molecular weight excluding hydrogens is 198 g/mol. The van der Waals surface area contributed by atoms with Gasteiger partial charge in [-0.25, -0.2) is 9.78 Å². The molecule has 1 heterocycles. The van der Waals surface area contributed by atoms with Crippen LogP contribution in [0.1, 0.15) is 17.3 Å². The SMILES string of the molecule is C=CC(C)Sc1ncccc1C(=O)O. The molecule has 0 saturated carbocycles. The van der Waals surface area contributed by atoms with Crippen molar-refractivity contribution in [3.8, 4) is 0 Å². The number of hydrogen-bond donors (Lipinski definition) is 1. The molecule has 1 atom stereocenters. The highest BCUT2D eigenvalue weighted by molar-refractivity contribution is 8.00. The first-order valence-electron chi connectivity index (χ1n) is 4.12. The van der Waals surface area contributed by atoms with Crippen molar-refractivity contribution in [3.05, 3.63) is 36.5 Å². The lowest BCUT2D eigenvalue weighted by Gasteiger charge is -2.06. The van der Waals surface area contributed by atoms with Crippen molar-refractivity contribution in [1.29, 1.82) is 0 Å². The van der Waals surface area contributed by atoms with Gasteiger partial charge in [-0.1, -0.05) is 17.8 Å². The second kappa shape index (κ2) is 4.81. The molecule has 0 spiro atoms. The maximum absolute atomic E-state index is 10.8. The summed E-state index contributed by atoms with van der Waals surface area (Å²) in [4.78, 5) is 14.8. The van der Waals surface area contributed by atoms with E-state index in [0.717, 1.165) is 0 Å². The quantitative estimate of drug-likeness (QED) is 0.611. The van der Waals surface area contributed by atoms with E-state index in [4.69, 9.17) is 5.11 Å². The highest BCUT2D eigenvalue weighted by Gasteiger charge is 2.12. The molecule has 0 aliphatic rings. The van der Waals surface area contributed by atoms with Crippen molar-refractivity contribution >= 4 is 17.7 Å². The number of rotatable bonds is 4. The maximum atomic E-state index is 10.8. The normalized spacial score (nSPS) is 12.1. The average Bonchev–Trinajstić information content (AvgIpc) is 2.18. The fraction of sp³-hybridized carbons (Fsp3) is 0.200. The van der Waals surface area contributed by atoms with Gasteiger partial charge in [0.15, 0.2) is 0 Å². The predicted octanol–water partition coefficient (Wildman–Crippen LogP) is 2.45. The van der Waals surface area contributed by atoms with Crippen molar-refractivity contribution < 1.29 is 9.90 Å². The second-order valence-corrected chi connectivity index (χ2v) is 4.09. The molecule has 0 amide bonds. The monoisotopic (exact) mass is 209 g/mol. The van der Waals surface area contributed by atoms with Gasteiger partial charge in [0.25, 0.3) is 0 Å². The van der Waals surface area contributed by atoms with Gasteiger partial charge in [0.05, 0.1) is 5.56 Å². The molecule has 0 fully saturated rings. The standard InChI is InChI=1S/C10H11NO2S/c1-3-7(2)14-9-8(10(12)13)5-4-6-11-9/h3-7H,1H2,2H3,(H,12,13). The van der Waals surface area contributed by atoms with Crippen LogP contribution in [-0.2, 0) is 0 Å². The zero-order valence-electron chi connectivity index (χ0n) is 7.80. The number of thioether (sulfide) groups is 1. The Hall–Kier alpha value is -1.29. The van der Waals surface area contributed by atoms with Crippen molar-refractivity contribution in [1.82, 2.24) is 4.98 Å². The number of carboxylic acids is 1. The van der Waals surface area contributed by atoms with Crippen LogP contribution in [0.4, 0.5) is 0 Å². The summed E-state index contributed by atoms with van der Waals surface area (Å²) in [6.45, 7) is 5.58. The lowest BCUT2D eigenvalue weighted by Crippen LogP contribution is -2.02. The first-order chi connectivity index (χ1) is 6.65. The summed E-state index contributed by atoms with van der Waals surface area (Å²) >= 11 is 1.39. The van der Waals surface area contributed by atoms with E-state index in [1.54, 1.807) is 24.4 Å². The van der Waals surface area contributed by atoms with Crippen LogP contribution in [0.2, 0.25) is 0 Å². The Morgan fingerprint density at radius 2 is 2.50 bits per heavy atom. The number of hydrogen-bond acceptors (Lipinski definition) is 3. The smallest absolute Gasteiger partial charge is 0.338 e. The Kier molecular flexibility index (Phi) is 3.71. The van der Waals surface area contributed by atoms with Crippen LogP contribution in [0.25, 0.3) is 0 Å². The molecule has 0 saturated heterocycles. The second-order valence-electron chi connectivity index (χ2n) is 2.72. The van der Waals surface area contributed by atoms with E-state index in [-0.39, 0.29) is 10.8 Å². The van der Waals surface area contributed by atoms with E-state index < -0.39 is 5.97 Å². The molecule has 74 valence electrons. The van der Waals surface area contributed by atoms with Crippen LogP contribution in [0.5, 0.6) is 0 Å². The van der Waals surface area contributed by atoms with Crippen molar-refractivity contribution in [3.63, 3.8) is 0 Å². The zero-order valence-corrected chi connectivity index (χ0v) is 8.62. The van der Waals surface area contributed by atoms with Crippen LogP contribution in [0.3, 0.4) is 0 Å². The van der Waals surface area contributed by atoms with Gasteiger partial charge < -0.3 is 5.11 Å². The van der Waals surface area contributed by atoms with Gasteiger partial charge in [-0.2, -0.15) is 0 Å². The summed E-state index contributed by atoms with van der Waals surface area (Å²) in [5.74, 6) is -0.947. The van der Waals surface area contributed by atoms with Crippen LogP contribution < -0.4 is 0 Å². The zero-order chi connectivity index (χ0) is 10.6. The molecular formula is C10H11NO2S. The van der Waals surface area contributed by atoms with E-state index in [1.165, 1.54) is 11.8 Å². The highest BCUT2D eigenvalue weighted by atomic mass is 32.2. The number of carboxylic acid groups (broad SMARTS) is 1. The Bertz CT molecular complexity index is 352. The third kappa shape index (κ3) is 2.60. The minimum absolute atomic E-state index is 0.156. The van der Waals surface area contributed by atoms with Gasteiger partial charge in [-0.15, -0.1) is 6.58 Å². The van der Waals surface area contributed by atoms with Crippen LogP contribution >= 0.6 is 11.8 Å². The molecule has 1 N–H and O–H groups in total. The molecule has 0 aromatic carbocycles. The van der Waals surface area contributed by atoms with Crippen molar-refractivity contribution in [2.24, 2.45) is 0 Å². The Balaban J connectivity index is 2.95. The maximum Gasteiger partial charge on any atom is 0.338 e. The lowest BCUT2D eigenvalue weighted by molar-refractivity contribution is 0.0692. The molecule has 0 aliphatic heterocycles. The summed E-state index contributed by atoms with van der Waals surface area (Å²) < 4.78 is 0. The van der Waals surface area contributed by atoms with Crippen molar-refractivity contribution in [2.75, 3.05) is 0 Å². The van der Waals surface area contributed by atoms with E-state index in [9.17, 15) is 4.79 Å². The first kappa shape index (κ1) is 10.8. The van der Waals surface area contributed by atoms with E-state index in [2.05, 4.69) is 11.6 Å². The Labute approximate surface area is 86.9 Å². The van der Waals surface area contributed by atoms with Gasteiger partial charge >= 0.3 is 5.97 Å². The highest BCUT2D eigenvalue weighted by Crippen LogP contribution is 2.24. The molecule has 0 bridgehead atoms. The number of pyridine rings is 1. The molecule has 14 heavy (non-hydrogen) atoms. The largest absolute Gasteiger partial charge is 0.478 e. The number of aromatic nitrogens is 1. The summed E-state index contributed by atoms with van der Waals surface area (Å²) in [5, 5.41) is 9.56. The summed E-state index contributed by atoms with van der Waals surface area (Å²) in [6.07, 6.45) is 3.34. The van der Waals surface area contributed by atoms with Crippen LogP contribution in [-0.4, -0.2) is 21.3 Å². The van der Waals surface area contributed by atoms with Crippen LogP contribution in [0.15, 0.2) is 36.0 Å². The average molecular weight is 209 g/mol. The lowest BCUT2D eigenvalue weighted by atomic mass is 10.3. The molecule has 4 heteroatoms. The fourth-order valence-electron chi connectivity index (χ4n) is 0.872. The molecule has 0 radical (unpaired) electrons. The molecule has 3 nitrogen and oxygen atoms in total. The summed E-state index contributed by atoms with van der Waals surface area (Å²) in [6, 6.07) is 3.17. The molecule has 1 rings (SSSR count). The summed E-state index contributed by atoms with van der Waals surface area (Å²) in [5.41, 5.74) is 0.242. The topological polar surface area (TPSA) is 50.2 Å². The number of carbonyl (C=O) groups is 1. The first-order valence-corrected chi connectivity index (χ1v) is 5.00. The van der Waals surface area contributed by atoms with Crippen molar-refractivity contribution in [2.45, 2.75) is 17.2 Å². The molecule has 1 unspecified atom stereocenters. The molecule has 1 aromatic rings. The van der Waals surface area contributed by atoms with E-state index in [1.807, 2.05) is 6.92 Å². The number of nitrogens with zero attached hydrogens (tertiary/aromatic N) is 1. The fourth-order valence-corrected chi connectivity index (χ4v) is 1.72. The third-order valence-corrected chi connectivity index (χ3v) is 2.74. The Morgan fingerprint density at radius 1 is 1.79 bits per heavy atom. The minimum atomic E-state index is -0.947. The van der Waals surface area contributed by atoms with Gasteiger partial charge in [-0.3, -0.25) is 0 Å². The van der Waals surface area contributed by atoms with Gasteiger partial charge in [0.1, 0.15) is 5.03 Å². The predicted molar refractivity (Wildman–Crippen MR) is 56.7 cm³/mol. The molecule has 0 aliphatic carbocycles. The molecule has 1 aromatic heterocycles. The number of aromatic carboxylic acids is 1.